The number of thiazole rings is 1. The molecule has 0 fully saturated rings. The summed E-state index contributed by atoms with van der Waals surface area (Å²) in [5.74, 6) is 0. The highest BCUT2D eigenvalue weighted by atomic mass is 35.5. The monoisotopic (exact) mass is 418 g/mol. The largest absolute Gasteiger partial charge is 0.316 e. The third-order valence-electron chi connectivity index (χ3n) is 4.97. The molecule has 4 aromatic rings. The van der Waals surface area contributed by atoms with Crippen molar-refractivity contribution < 1.29 is 0 Å². The molecule has 0 saturated heterocycles. The van der Waals surface area contributed by atoms with Gasteiger partial charge in [0, 0.05) is 16.9 Å². The van der Waals surface area contributed by atoms with E-state index in [1.165, 1.54) is 16.8 Å². The maximum absolute atomic E-state index is 6.09. The molecule has 29 heavy (non-hydrogen) atoms. The Labute approximate surface area is 180 Å². The van der Waals surface area contributed by atoms with Gasteiger partial charge in [-0.3, -0.25) is 0 Å². The molecule has 0 spiro atoms. The molecule has 2 nitrogen and oxygen atoms in total. The molecule has 0 N–H and O–H groups in total. The van der Waals surface area contributed by atoms with Gasteiger partial charge < -0.3 is 4.57 Å². The molecule has 0 amide bonds. The Morgan fingerprint density at radius 1 is 0.862 bits per heavy atom. The first kappa shape index (κ1) is 19.7. The van der Waals surface area contributed by atoms with Crippen LogP contribution in [-0.2, 0) is 19.4 Å². The molecule has 1 heterocycles. The molecule has 0 bridgehead atoms. The number of nitrogens with zero attached hydrogens (tertiary/aromatic N) is 2. The molecule has 0 aliphatic rings. The van der Waals surface area contributed by atoms with E-state index >= 15 is 0 Å². The van der Waals surface area contributed by atoms with Crippen LogP contribution in [0.2, 0.25) is 5.02 Å². The van der Waals surface area contributed by atoms with Crippen molar-refractivity contribution in [1.29, 1.82) is 0 Å². The number of hydrogen-bond acceptors (Lipinski definition) is 2. The molecule has 3 aromatic carbocycles. The number of benzene rings is 3. The predicted octanol–water partition coefficient (Wildman–Crippen LogP) is 6.91. The molecular weight excluding hydrogens is 396 g/mol. The van der Waals surface area contributed by atoms with Crippen LogP contribution in [0.5, 0.6) is 0 Å². The lowest BCUT2D eigenvalue weighted by Crippen LogP contribution is -2.17. The van der Waals surface area contributed by atoms with Crippen LogP contribution < -0.4 is 4.80 Å². The first-order valence-corrected chi connectivity index (χ1v) is 11.1. The average molecular weight is 419 g/mol. The summed E-state index contributed by atoms with van der Waals surface area (Å²) >= 11 is 7.77. The SMILES string of the molecule is CCc1ccc(N=c2scc(-c3ccc(Cl)cc3)n2CCc2ccccc2)cc1. The summed E-state index contributed by atoms with van der Waals surface area (Å²) in [4.78, 5) is 5.96. The van der Waals surface area contributed by atoms with Crippen LogP contribution in [-0.4, -0.2) is 4.57 Å². The first-order valence-electron chi connectivity index (χ1n) is 9.85. The zero-order chi connectivity index (χ0) is 20.1. The standard InChI is InChI=1S/C25H23ClN2S/c1-2-19-8-14-23(15-9-19)27-25-28(17-16-20-6-4-3-5-7-20)24(18-29-25)21-10-12-22(26)13-11-21/h3-15,18H,2,16-17H2,1H3. The Morgan fingerprint density at radius 2 is 1.59 bits per heavy atom. The Bertz CT molecular complexity index is 1120. The predicted molar refractivity (Wildman–Crippen MR) is 124 cm³/mol. The summed E-state index contributed by atoms with van der Waals surface area (Å²) in [5, 5.41) is 2.94. The lowest BCUT2D eigenvalue weighted by Gasteiger charge is -2.10. The van der Waals surface area contributed by atoms with Crippen molar-refractivity contribution in [3.8, 4) is 11.3 Å². The Balaban J connectivity index is 1.73. The van der Waals surface area contributed by atoms with Crippen molar-refractivity contribution in [1.82, 2.24) is 4.57 Å². The maximum Gasteiger partial charge on any atom is 0.190 e. The number of halogens is 1. The van der Waals surface area contributed by atoms with Gasteiger partial charge in [0.15, 0.2) is 4.80 Å². The molecule has 0 saturated carbocycles. The van der Waals surface area contributed by atoms with Crippen LogP contribution in [0.25, 0.3) is 11.3 Å². The van der Waals surface area contributed by atoms with Crippen molar-refractivity contribution >= 4 is 28.6 Å². The quantitative estimate of drug-likeness (QED) is 0.323. The molecule has 0 aliphatic heterocycles. The van der Waals surface area contributed by atoms with Gasteiger partial charge >= 0.3 is 0 Å². The highest BCUT2D eigenvalue weighted by Crippen LogP contribution is 2.23. The normalized spacial score (nSPS) is 11.7. The third kappa shape index (κ3) is 4.87. The minimum absolute atomic E-state index is 0.751. The molecule has 0 unspecified atom stereocenters. The summed E-state index contributed by atoms with van der Waals surface area (Å²) < 4.78 is 2.31. The minimum Gasteiger partial charge on any atom is -0.316 e. The molecule has 4 heteroatoms. The third-order valence-corrected chi connectivity index (χ3v) is 6.09. The molecule has 146 valence electrons. The van der Waals surface area contributed by atoms with E-state index in [2.05, 4.69) is 83.6 Å². The molecule has 1 aromatic heterocycles. The highest BCUT2D eigenvalue weighted by Gasteiger charge is 2.09. The van der Waals surface area contributed by atoms with Crippen molar-refractivity contribution in [3.05, 3.63) is 105 Å². The second kappa shape index (κ2) is 9.25. The van der Waals surface area contributed by atoms with E-state index in [9.17, 15) is 0 Å². The molecule has 0 aliphatic carbocycles. The van der Waals surface area contributed by atoms with Gasteiger partial charge in [-0.05, 0) is 53.8 Å². The zero-order valence-corrected chi connectivity index (χ0v) is 18.0. The number of rotatable bonds is 6. The van der Waals surface area contributed by atoms with E-state index in [0.29, 0.717) is 0 Å². The fraction of sp³-hybridized carbons (Fsp3) is 0.160. The van der Waals surface area contributed by atoms with Gasteiger partial charge in [0.05, 0.1) is 11.4 Å². The van der Waals surface area contributed by atoms with Gasteiger partial charge in [0.2, 0.25) is 0 Å². The summed E-state index contributed by atoms with van der Waals surface area (Å²) in [6, 6.07) is 27.1. The number of aromatic nitrogens is 1. The topological polar surface area (TPSA) is 17.3 Å². The van der Waals surface area contributed by atoms with Gasteiger partial charge in [-0.2, -0.15) is 0 Å². The van der Waals surface area contributed by atoms with E-state index in [1.54, 1.807) is 11.3 Å². The van der Waals surface area contributed by atoms with Crippen molar-refractivity contribution in [3.63, 3.8) is 0 Å². The summed E-state index contributed by atoms with van der Waals surface area (Å²) in [6.07, 6.45) is 2.00. The zero-order valence-electron chi connectivity index (χ0n) is 16.4. The fourth-order valence-corrected chi connectivity index (χ4v) is 4.37. The van der Waals surface area contributed by atoms with E-state index in [1.807, 2.05) is 12.1 Å². The van der Waals surface area contributed by atoms with Crippen LogP contribution in [0, 0.1) is 0 Å². The summed E-state index contributed by atoms with van der Waals surface area (Å²) in [5.41, 5.74) is 5.97. The molecule has 4 rings (SSSR count). The maximum atomic E-state index is 6.09. The molecular formula is C25H23ClN2S. The Hall–Kier alpha value is -2.62. The van der Waals surface area contributed by atoms with Crippen molar-refractivity contribution in [2.75, 3.05) is 0 Å². The van der Waals surface area contributed by atoms with E-state index in [0.717, 1.165) is 40.5 Å². The summed E-state index contributed by atoms with van der Waals surface area (Å²) in [6.45, 7) is 3.04. The molecule has 0 atom stereocenters. The van der Waals surface area contributed by atoms with E-state index < -0.39 is 0 Å². The summed E-state index contributed by atoms with van der Waals surface area (Å²) in [7, 11) is 0. The van der Waals surface area contributed by atoms with Gasteiger partial charge in [-0.25, -0.2) is 4.99 Å². The first-order chi connectivity index (χ1) is 14.2. The fourth-order valence-electron chi connectivity index (χ4n) is 3.29. The van der Waals surface area contributed by atoms with Gasteiger partial charge in [-0.1, -0.05) is 73.1 Å². The number of hydrogen-bond donors (Lipinski definition) is 0. The highest BCUT2D eigenvalue weighted by molar-refractivity contribution is 7.07. The van der Waals surface area contributed by atoms with E-state index in [-0.39, 0.29) is 0 Å². The smallest absolute Gasteiger partial charge is 0.190 e. The van der Waals surface area contributed by atoms with Crippen LogP contribution >= 0.6 is 22.9 Å². The van der Waals surface area contributed by atoms with Crippen molar-refractivity contribution in [2.45, 2.75) is 26.3 Å². The Morgan fingerprint density at radius 3 is 2.28 bits per heavy atom. The minimum atomic E-state index is 0.751. The van der Waals surface area contributed by atoms with E-state index in [4.69, 9.17) is 16.6 Å². The van der Waals surface area contributed by atoms with Gasteiger partial charge in [0.1, 0.15) is 0 Å². The second-order valence-electron chi connectivity index (χ2n) is 6.93. The Kier molecular flexibility index (Phi) is 6.28. The lowest BCUT2D eigenvalue weighted by atomic mass is 10.1. The lowest BCUT2D eigenvalue weighted by molar-refractivity contribution is 0.684. The van der Waals surface area contributed by atoms with Gasteiger partial charge in [0.25, 0.3) is 0 Å². The van der Waals surface area contributed by atoms with Crippen molar-refractivity contribution in [2.24, 2.45) is 4.99 Å². The van der Waals surface area contributed by atoms with Crippen LogP contribution in [0.1, 0.15) is 18.1 Å². The average Bonchev–Trinajstić information content (AvgIpc) is 3.16. The van der Waals surface area contributed by atoms with Crippen LogP contribution in [0.3, 0.4) is 0 Å². The van der Waals surface area contributed by atoms with Crippen LogP contribution in [0.15, 0.2) is 89.2 Å². The van der Waals surface area contributed by atoms with Gasteiger partial charge in [-0.15, -0.1) is 11.3 Å². The number of aryl methyl sites for hydroxylation is 2. The van der Waals surface area contributed by atoms with Crippen LogP contribution in [0.4, 0.5) is 5.69 Å². The molecule has 0 radical (unpaired) electrons. The second-order valence-corrected chi connectivity index (χ2v) is 8.20.